The number of nitrogens with zero attached hydrogens (tertiary/aromatic N) is 3. The quantitative estimate of drug-likeness (QED) is 0.309. The molecule has 0 aliphatic rings. The molecule has 0 aliphatic heterocycles. The van der Waals surface area contributed by atoms with Crippen molar-refractivity contribution in [2.24, 2.45) is 0 Å². The van der Waals surface area contributed by atoms with Gasteiger partial charge in [-0.2, -0.15) is 9.97 Å². The molecule has 0 saturated carbocycles. The summed E-state index contributed by atoms with van der Waals surface area (Å²) in [7, 11) is 0. The van der Waals surface area contributed by atoms with Gasteiger partial charge in [0.2, 0.25) is 5.28 Å². The third kappa shape index (κ3) is 4.09. The van der Waals surface area contributed by atoms with E-state index in [1.807, 2.05) is 66.7 Å². The topological polar surface area (TPSA) is 38.7 Å². The fourth-order valence-corrected chi connectivity index (χ4v) is 3.75. The molecular formula is C27H18ClN3. The normalized spacial score (nSPS) is 10.7. The molecule has 0 N–H and O–H groups in total. The highest BCUT2D eigenvalue weighted by Crippen LogP contribution is 2.35. The molecule has 0 spiro atoms. The van der Waals surface area contributed by atoms with Crippen LogP contribution in [0.4, 0.5) is 0 Å². The van der Waals surface area contributed by atoms with Gasteiger partial charge in [-0.25, -0.2) is 4.98 Å². The maximum absolute atomic E-state index is 6.31. The minimum Gasteiger partial charge on any atom is -0.208 e. The predicted octanol–water partition coefficient (Wildman–Crippen LogP) is 7.19. The fourth-order valence-electron chi connectivity index (χ4n) is 3.59. The van der Waals surface area contributed by atoms with Crippen LogP contribution in [0.1, 0.15) is 0 Å². The van der Waals surface area contributed by atoms with Gasteiger partial charge < -0.3 is 0 Å². The third-order valence-electron chi connectivity index (χ3n) is 5.09. The summed E-state index contributed by atoms with van der Waals surface area (Å²) >= 11 is 6.31. The Labute approximate surface area is 186 Å². The Bertz CT molecular complexity index is 1320. The smallest absolute Gasteiger partial charge is 0.208 e. The molecule has 0 saturated heterocycles. The van der Waals surface area contributed by atoms with Gasteiger partial charge in [0.25, 0.3) is 0 Å². The van der Waals surface area contributed by atoms with E-state index in [0.717, 1.165) is 33.4 Å². The fraction of sp³-hybridized carbons (Fsp3) is 0. The van der Waals surface area contributed by atoms with Gasteiger partial charge >= 0.3 is 0 Å². The lowest BCUT2D eigenvalue weighted by molar-refractivity contribution is 1.07. The second-order valence-corrected chi connectivity index (χ2v) is 7.45. The van der Waals surface area contributed by atoms with Crippen LogP contribution in [0.5, 0.6) is 0 Å². The van der Waals surface area contributed by atoms with Crippen LogP contribution in [0.15, 0.2) is 109 Å². The molecule has 148 valence electrons. The molecule has 0 bridgehead atoms. The lowest BCUT2D eigenvalue weighted by Gasteiger charge is -2.13. The number of benzene rings is 4. The Morgan fingerprint density at radius 2 is 0.968 bits per heavy atom. The lowest BCUT2D eigenvalue weighted by atomic mass is 9.94. The van der Waals surface area contributed by atoms with Gasteiger partial charge in [-0.3, -0.25) is 0 Å². The van der Waals surface area contributed by atoms with Crippen molar-refractivity contribution in [1.82, 2.24) is 15.0 Å². The molecular weight excluding hydrogens is 402 g/mol. The van der Waals surface area contributed by atoms with E-state index in [2.05, 4.69) is 52.4 Å². The predicted molar refractivity (Wildman–Crippen MR) is 127 cm³/mol. The van der Waals surface area contributed by atoms with Crippen molar-refractivity contribution in [1.29, 1.82) is 0 Å². The van der Waals surface area contributed by atoms with E-state index in [1.165, 1.54) is 0 Å². The average molecular weight is 420 g/mol. The molecule has 5 rings (SSSR count). The second-order valence-electron chi connectivity index (χ2n) is 7.11. The molecule has 0 aliphatic carbocycles. The maximum atomic E-state index is 6.31. The molecule has 1 heterocycles. The molecule has 0 radical (unpaired) electrons. The van der Waals surface area contributed by atoms with Crippen LogP contribution in [0.3, 0.4) is 0 Å². The van der Waals surface area contributed by atoms with Gasteiger partial charge in [-0.05, 0) is 46.0 Å². The van der Waals surface area contributed by atoms with Crippen LogP contribution in [0.25, 0.3) is 45.0 Å². The highest BCUT2D eigenvalue weighted by atomic mass is 35.5. The standard InChI is InChI=1S/C27H18ClN3/c28-27-30-25(21-14-8-3-9-15-21)29-26(31-27)23-17-16-22(19-10-4-1-5-11-19)18-24(23)20-12-6-2-7-13-20/h1-18H. The van der Waals surface area contributed by atoms with E-state index in [1.54, 1.807) is 0 Å². The van der Waals surface area contributed by atoms with Crippen LogP contribution in [-0.4, -0.2) is 15.0 Å². The molecule has 31 heavy (non-hydrogen) atoms. The number of hydrogen-bond donors (Lipinski definition) is 0. The summed E-state index contributed by atoms with van der Waals surface area (Å²) in [6.45, 7) is 0. The van der Waals surface area contributed by atoms with Crippen molar-refractivity contribution in [2.45, 2.75) is 0 Å². The van der Waals surface area contributed by atoms with Gasteiger partial charge in [0.15, 0.2) is 11.6 Å². The zero-order chi connectivity index (χ0) is 21.0. The van der Waals surface area contributed by atoms with Crippen molar-refractivity contribution >= 4 is 11.6 Å². The van der Waals surface area contributed by atoms with Crippen molar-refractivity contribution in [2.75, 3.05) is 0 Å². The van der Waals surface area contributed by atoms with Gasteiger partial charge in [-0.15, -0.1) is 0 Å². The average Bonchev–Trinajstić information content (AvgIpc) is 2.85. The summed E-state index contributed by atoms with van der Waals surface area (Å²) in [5.74, 6) is 1.11. The minimum atomic E-state index is 0.176. The summed E-state index contributed by atoms with van der Waals surface area (Å²) < 4.78 is 0. The SMILES string of the molecule is Clc1nc(-c2ccccc2)nc(-c2ccc(-c3ccccc3)cc2-c2ccccc2)n1. The Morgan fingerprint density at radius 3 is 1.61 bits per heavy atom. The van der Waals surface area contributed by atoms with E-state index in [-0.39, 0.29) is 5.28 Å². The lowest BCUT2D eigenvalue weighted by Crippen LogP contribution is -1.98. The van der Waals surface area contributed by atoms with E-state index in [0.29, 0.717) is 11.6 Å². The zero-order valence-corrected chi connectivity index (χ0v) is 17.4. The van der Waals surface area contributed by atoms with Gasteiger partial charge in [0.05, 0.1) is 0 Å². The van der Waals surface area contributed by atoms with E-state index in [4.69, 9.17) is 16.6 Å². The molecule has 3 nitrogen and oxygen atoms in total. The van der Waals surface area contributed by atoms with E-state index in [9.17, 15) is 0 Å². The first-order valence-corrected chi connectivity index (χ1v) is 10.4. The summed E-state index contributed by atoms with van der Waals surface area (Å²) in [5, 5.41) is 0.176. The zero-order valence-electron chi connectivity index (χ0n) is 16.6. The summed E-state index contributed by atoms with van der Waals surface area (Å²) in [6.07, 6.45) is 0. The van der Waals surface area contributed by atoms with Gasteiger partial charge in [0.1, 0.15) is 0 Å². The van der Waals surface area contributed by atoms with Gasteiger partial charge in [-0.1, -0.05) is 97.1 Å². The second kappa shape index (κ2) is 8.50. The molecule has 0 fully saturated rings. The van der Waals surface area contributed by atoms with Crippen LogP contribution in [0.2, 0.25) is 5.28 Å². The number of hydrogen-bond acceptors (Lipinski definition) is 3. The molecule has 4 aromatic carbocycles. The Balaban J connectivity index is 1.70. The third-order valence-corrected chi connectivity index (χ3v) is 5.26. The highest BCUT2D eigenvalue weighted by molar-refractivity contribution is 6.28. The number of aromatic nitrogens is 3. The molecule has 0 unspecified atom stereocenters. The van der Waals surface area contributed by atoms with Crippen molar-refractivity contribution in [3.63, 3.8) is 0 Å². The summed E-state index contributed by atoms with van der Waals surface area (Å²) in [6, 6.07) is 36.7. The van der Waals surface area contributed by atoms with Crippen LogP contribution in [0, 0.1) is 0 Å². The van der Waals surface area contributed by atoms with E-state index < -0.39 is 0 Å². The summed E-state index contributed by atoms with van der Waals surface area (Å²) in [5.41, 5.74) is 6.23. The maximum Gasteiger partial charge on any atom is 0.226 e. The van der Waals surface area contributed by atoms with Crippen LogP contribution in [-0.2, 0) is 0 Å². The minimum absolute atomic E-state index is 0.176. The molecule has 5 aromatic rings. The number of halogens is 1. The van der Waals surface area contributed by atoms with Crippen molar-refractivity contribution in [3.05, 3.63) is 114 Å². The monoisotopic (exact) mass is 419 g/mol. The first-order valence-electron chi connectivity index (χ1n) is 10.0. The van der Waals surface area contributed by atoms with Crippen LogP contribution >= 0.6 is 11.6 Å². The molecule has 1 aromatic heterocycles. The molecule has 0 atom stereocenters. The van der Waals surface area contributed by atoms with E-state index >= 15 is 0 Å². The van der Waals surface area contributed by atoms with Crippen molar-refractivity contribution < 1.29 is 0 Å². The Kier molecular flexibility index (Phi) is 5.26. The van der Waals surface area contributed by atoms with Gasteiger partial charge in [0, 0.05) is 11.1 Å². The highest BCUT2D eigenvalue weighted by Gasteiger charge is 2.15. The largest absolute Gasteiger partial charge is 0.226 e. The first kappa shape index (κ1) is 19.2. The Hall–Kier alpha value is -3.82. The number of rotatable bonds is 4. The van der Waals surface area contributed by atoms with Crippen LogP contribution < -0.4 is 0 Å². The molecule has 4 heteroatoms. The summed E-state index contributed by atoms with van der Waals surface area (Å²) in [4.78, 5) is 13.6. The molecule has 0 amide bonds. The first-order chi connectivity index (χ1) is 15.3. The Morgan fingerprint density at radius 1 is 0.419 bits per heavy atom. The van der Waals surface area contributed by atoms with Crippen molar-refractivity contribution in [3.8, 4) is 45.0 Å².